The van der Waals surface area contributed by atoms with Crippen molar-refractivity contribution in [3.05, 3.63) is 52.4 Å². The Morgan fingerprint density at radius 1 is 1.36 bits per heavy atom. The molecule has 0 saturated carbocycles. The number of hydrogen-bond donors (Lipinski definition) is 3. The number of aromatic nitrogens is 3. The van der Waals surface area contributed by atoms with Crippen LogP contribution in [0, 0.1) is 17.1 Å². The first-order valence-corrected chi connectivity index (χ1v) is 11.1. The predicted molar refractivity (Wildman–Crippen MR) is 121 cm³/mol. The second-order valence-corrected chi connectivity index (χ2v) is 8.18. The number of nitrogen functional groups attached to an aromatic ring is 1. The van der Waals surface area contributed by atoms with Gasteiger partial charge >= 0.3 is 6.03 Å². The lowest BCUT2D eigenvalue weighted by atomic mass is 10.1. The highest BCUT2D eigenvalue weighted by Crippen LogP contribution is 2.23. The largest absolute Gasteiger partial charge is 0.382 e. The standard InChI is InChI=1S/C21H21FN8O2S/c22-13-3-5-15(6-4-13)30-19(24)16(11-23)17(28-30)2-1-7-25-18(31)10-14-12-33-21(27-14)29-9-8-26-20(29)32/h3-6,12H,1-2,7-10,24H2,(H,25,31)(H,26,32). The zero-order valence-corrected chi connectivity index (χ0v) is 18.4. The topological polar surface area (TPSA) is 142 Å². The number of thiazole rings is 1. The van der Waals surface area contributed by atoms with E-state index in [0.29, 0.717) is 54.7 Å². The number of aryl methyl sites for hydroxylation is 1. The second-order valence-electron chi connectivity index (χ2n) is 7.34. The molecule has 0 unspecified atom stereocenters. The molecule has 12 heteroatoms. The van der Waals surface area contributed by atoms with Crippen LogP contribution in [0.4, 0.5) is 20.1 Å². The van der Waals surface area contributed by atoms with Crippen molar-refractivity contribution in [3.63, 3.8) is 0 Å². The highest BCUT2D eigenvalue weighted by atomic mass is 32.1. The number of urea groups is 1. The summed E-state index contributed by atoms with van der Waals surface area (Å²) in [5, 5.41) is 21.7. The van der Waals surface area contributed by atoms with Gasteiger partial charge < -0.3 is 16.4 Å². The summed E-state index contributed by atoms with van der Waals surface area (Å²) in [4.78, 5) is 29.9. The molecule has 0 atom stereocenters. The molecule has 3 aromatic rings. The van der Waals surface area contributed by atoms with Crippen LogP contribution in [0.3, 0.4) is 0 Å². The van der Waals surface area contributed by atoms with Crippen LogP contribution in [0.25, 0.3) is 5.69 Å². The van der Waals surface area contributed by atoms with Crippen LogP contribution >= 0.6 is 11.3 Å². The SMILES string of the molecule is N#Cc1c(CCCNC(=O)Cc2csc(N3CCNC3=O)n2)nn(-c2ccc(F)cc2)c1N. The monoisotopic (exact) mass is 468 g/mol. The Labute approximate surface area is 192 Å². The third-order valence-corrected chi connectivity index (χ3v) is 5.97. The van der Waals surface area contributed by atoms with Gasteiger partial charge in [-0.2, -0.15) is 10.4 Å². The van der Waals surface area contributed by atoms with E-state index < -0.39 is 0 Å². The minimum absolute atomic E-state index is 0.113. The summed E-state index contributed by atoms with van der Waals surface area (Å²) < 4.78 is 14.6. The third kappa shape index (κ3) is 4.93. The average Bonchev–Trinajstić information content (AvgIpc) is 3.51. The Bertz CT molecular complexity index is 1210. The molecule has 1 aliphatic heterocycles. The van der Waals surface area contributed by atoms with E-state index in [9.17, 15) is 19.2 Å². The zero-order valence-electron chi connectivity index (χ0n) is 17.5. The van der Waals surface area contributed by atoms with E-state index in [1.165, 1.54) is 40.3 Å². The van der Waals surface area contributed by atoms with E-state index in [4.69, 9.17) is 5.73 Å². The van der Waals surface area contributed by atoms with Crippen molar-refractivity contribution in [2.75, 3.05) is 30.3 Å². The maximum absolute atomic E-state index is 13.2. The number of carbonyl (C=O) groups is 2. The van der Waals surface area contributed by atoms with E-state index in [1.54, 1.807) is 10.3 Å². The van der Waals surface area contributed by atoms with Crippen molar-refractivity contribution in [1.82, 2.24) is 25.4 Å². The van der Waals surface area contributed by atoms with Gasteiger partial charge in [-0.3, -0.25) is 9.69 Å². The van der Waals surface area contributed by atoms with Gasteiger partial charge in [-0.05, 0) is 37.1 Å². The first-order valence-electron chi connectivity index (χ1n) is 10.3. The third-order valence-electron chi connectivity index (χ3n) is 5.06. The first-order chi connectivity index (χ1) is 16.0. The Hall–Kier alpha value is -3.98. The summed E-state index contributed by atoms with van der Waals surface area (Å²) >= 11 is 1.32. The number of nitrogens with zero attached hydrogens (tertiary/aromatic N) is 5. The fourth-order valence-electron chi connectivity index (χ4n) is 3.42. The van der Waals surface area contributed by atoms with E-state index in [-0.39, 0.29) is 35.6 Å². The average molecular weight is 469 g/mol. The lowest BCUT2D eigenvalue weighted by Gasteiger charge is -2.08. The molecule has 2 aromatic heterocycles. The maximum Gasteiger partial charge on any atom is 0.323 e. The number of amides is 3. The summed E-state index contributed by atoms with van der Waals surface area (Å²) in [6.07, 6.45) is 1.10. The number of hydrogen-bond acceptors (Lipinski definition) is 7. The van der Waals surface area contributed by atoms with Crippen LogP contribution < -0.4 is 21.3 Å². The van der Waals surface area contributed by atoms with Crippen LogP contribution in [-0.4, -0.2) is 46.3 Å². The molecule has 0 bridgehead atoms. The van der Waals surface area contributed by atoms with Crippen molar-refractivity contribution in [3.8, 4) is 11.8 Å². The number of carbonyl (C=O) groups excluding carboxylic acids is 2. The van der Waals surface area contributed by atoms with Gasteiger partial charge in [0.15, 0.2) is 5.13 Å². The summed E-state index contributed by atoms with van der Waals surface area (Å²) in [7, 11) is 0. The molecule has 3 amide bonds. The van der Waals surface area contributed by atoms with E-state index in [0.717, 1.165) is 0 Å². The highest BCUT2D eigenvalue weighted by molar-refractivity contribution is 7.14. The van der Waals surface area contributed by atoms with Gasteiger partial charge in [0.25, 0.3) is 0 Å². The minimum Gasteiger partial charge on any atom is -0.382 e. The molecule has 0 spiro atoms. The van der Waals surface area contributed by atoms with Gasteiger partial charge in [0.2, 0.25) is 5.91 Å². The van der Waals surface area contributed by atoms with Gasteiger partial charge in [-0.1, -0.05) is 0 Å². The van der Waals surface area contributed by atoms with Crippen LogP contribution in [0.1, 0.15) is 23.4 Å². The Morgan fingerprint density at radius 2 is 2.15 bits per heavy atom. The molecule has 1 fully saturated rings. The molecule has 1 aromatic carbocycles. The Balaban J connectivity index is 1.29. The summed E-state index contributed by atoms with van der Waals surface area (Å²) in [5.41, 5.74) is 8.00. The zero-order chi connectivity index (χ0) is 23.4. The van der Waals surface area contributed by atoms with Gasteiger partial charge in [0.05, 0.1) is 23.5 Å². The molecule has 1 aliphatic rings. The van der Waals surface area contributed by atoms with Crippen molar-refractivity contribution < 1.29 is 14.0 Å². The number of rotatable bonds is 8. The highest BCUT2D eigenvalue weighted by Gasteiger charge is 2.24. The molecule has 4 N–H and O–H groups in total. The smallest absolute Gasteiger partial charge is 0.323 e. The lowest BCUT2D eigenvalue weighted by Crippen LogP contribution is -2.28. The normalized spacial score (nSPS) is 13.1. The number of nitriles is 1. The summed E-state index contributed by atoms with van der Waals surface area (Å²) in [5.74, 6) is -0.375. The molecule has 1 saturated heterocycles. The fourth-order valence-corrected chi connectivity index (χ4v) is 4.27. The van der Waals surface area contributed by atoms with E-state index >= 15 is 0 Å². The van der Waals surface area contributed by atoms with Crippen LogP contribution in [-0.2, 0) is 17.6 Å². The van der Waals surface area contributed by atoms with E-state index in [1.807, 2.05) is 0 Å². The number of halogens is 1. The summed E-state index contributed by atoms with van der Waals surface area (Å²) in [6.45, 7) is 1.53. The summed E-state index contributed by atoms with van der Waals surface area (Å²) in [6, 6.07) is 7.54. The number of nitrogens with one attached hydrogen (secondary N) is 2. The van der Waals surface area contributed by atoms with Crippen LogP contribution in [0.5, 0.6) is 0 Å². The number of anilines is 2. The van der Waals surface area contributed by atoms with Crippen molar-refractivity contribution in [2.24, 2.45) is 0 Å². The predicted octanol–water partition coefficient (Wildman–Crippen LogP) is 1.74. The van der Waals surface area contributed by atoms with Gasteiger partial charge in [-0.15, -0.1) is 11.3 Å². The Morgan fingerprint density at radius 3 is 2.85 bits per heavy atom. The molecule has 0 aliphatic carbocycles. The van der Waals surface area contributed by atoms with Gasteiger partial charge in [-0.25, -0.2) is 18.9 Å². The van der Waals surface area contributed by atoms with Crippen LogP contribution in [0.15, 0.2) is 29.6 Å². The van der Waals surface area contributed by atoms with Crippen molar-refractivity contribution in [1.29, 1.82) is 5.26 Å². The molecule has 33 heavy (non-hydrogen) atoms. The fraction of sp³-hybridized carbons (Fsp3) is 0.286. The number of nitrogens with two attached hydrogens (primary N) is 1. The van der Waals surface area contributed by atoms with Gasteiger partial charge in [0, 0.05) is 25.0 Å². The first kappa shape index (κ1) is 22.2. The van der Waals surface area contributed by atoms with E-state index in [2.05, 4.69) is 26.8 Å². The molecule has 4 rings (SSSR count). The van der Waals surface area contributed by atoms with Crippen molar-refractivity contribution in [2.45, 2.75) is 19.3 Å². The quantitative estimate of drug-likeness (QED) is 0.430. The molecular weight excluding hydrogens is 447 g/mol. The van der Waals surface area contributed by atoms with Gasteiger partial charge in [0.1, 0.15) is 23.3 Å². The minimum atomic E-state index is -0.378. The molecule has 10 nitrogen and oxygen atoms in total. The van der Waals surface area contributed by atoms with Crippen LogP contribution in [0.2, 0.25) is 0 Å². The van der Waals surface area contributed by atoms with Crippen molar-refractivity contribution >= 4 is 34.2 Å². The Kier molecular flexibility index (Phi) is 6.50. The second kappa shape index (κ2) is 9.66. The molecule has 3 heterocycles. The molecule has 170 valence electrons. The molecular formula is C21H21FN8O2S. The maximum atomic E-state index is 13.2. The lowest BCUT2D eigenvalue weighted by molar-refractivity contribution is -0.120. The number of benzene rings is 1. The molecule has 0 radical (unpaired) electrons.